The van der Waals surface area contributed by atoms with Crippen molar-refractivity contribution >= 4 is 11.6 Å². The molecular weight excluding hydrogens is 272 g/mol. The number of carbonyl (C=O) groups excluding carboxylic acids is 1. The van der Waals surface area contributed by atoms with E-state index < -0.39 is 0 Å². The molecule has 1 aliphatic carbocycles. The van der Waals surface area contributed by atoms with Gasteiger partial charge in [-0.2, -0.15) is 0 Å². The molecule has 0 aliphatic heterocycles. The summed E-state index contributed by atoms with van der Waals surface area (Å²) in [5.41, 5.74) is 2.50. The lowest BCUT2D eigenvalue weighted by molar-refractivity contribution is -0.114. The molecule has 2 rings (SSSR count). The average molecular weight is 302 g/mol. The normalized spacial score (nSPS) is 22.4. The van der Waals surface area contributed by atoms with Crippen molar-refractivity contribution < 1.29 is 4.79 Å². The van der Waals surface area contributed by atoms with Crippen LogP contribution in [0.1, 0.15) is 58.9 Å². The van der Waals surface area contributed by atoms with Crippen LogP contribution >= 0.6 is 0 Å². The molecule has 22 heavy (non-hydrogen) atoms. The van der Waals surface area contributed by atoms with Gasteiger partial charge >= 0.3 is 0 Å². The van der Waals surface area contributed by atoms with Gasteiger partial charge in [-0.1, -0.05) is 45.7 Å². The highest BCUT2D eigenvalue weighted by molar-refractivity contribution is 5.88. The van der Waals surface area contributed by atoms with Crippen LogP contribution in [0.2, 0.25) is 0 Å². The van der Waals surface area contributed by atoms with Crippen molar-refractivity contribution in [2.75, 3.05) is 5.32 Å². The second-order valence-electron chi connectivity index (χ2n) is 7.62. The van der Waals surface area contributed by atoms with Crippen LogP contribution in [0.5, 0.6) is 0 Å². The Bertz CT molecular complexity index is 487. The minimum absolute atomic E-state index is 0.0268. The standard InChI is InChI=1S/C19H30N2O/c1-14(22)21-16-11-9-15(10-12-16)13-20-18-8-6-5-7-17(18)19(2,3)4/h9-12,17-18,20H,5-8,13H2,1-4H3,(H,21,22)/t17-,18-/m1/s1. The molecule has 1 amide bonds. The molecule has 1 aromatic carbocycles. The monoisotopic (exact) mass is 302 g/mol. The van der Waals surface area contributed by atoms with Crippen LogP contribution in [0.25, 0.3) is 0 Å². The molecule has 122 valence electrons. The number of anilines is 1. The summed E-state index contributed by atoms with van der Waals surface area (Å²) < 4.78 is 0. The van der Waals surface area contributed by atoms with E-state index in [0.717, 1.165) is 18.2 Å². The number of benzene rings is 1. The summed E-state index contributed by atoms with van der Waals surface area (Å²) in [5, 5.41) is 6.57. The highest BCUT2D eigenvalue weighted by Crippen LogP contribution is 2.38. The minimum atomic E-state index is -0.0268. The predicted octanol–water partition coefficient (Wildman–Crippen LogP) is 4.34. The van der Waals surface area contributed by atoms with Gasteiger partial charge < -0.3 is 10.6 Å². The fraction of sp³-hybridized carbons (Fsp3) is 0.632. The largest absolute Gasteiger partial charge is 0.326 e. The van der Waals surface area contributed by atoms with Crippen LogP contribution in [-0.4, -0.2) is 11.9 Å². The Balaban J connectivity index is 1.92. The van der Waals surface area contributed by atoms with Crippen molar-refractivity contribution in [2.45, 2.75) is 66.0 Å². The fourth-order valence-electron chi connectivity index (χ4n) is 3.57. The van der Waals surface area contributed by atoms with Gasteiger partial charge in [-0.25, -0.2) is 0 Å². The van der Waals surface area contributed by atoms with E-state index in [-0.39, 0.29) is 5.91 Å². The number of nitrogens with one attached hydrogen (secondary N) is 2. The zero-order valence-corrected chi connectivity index (χ0v) is 14.4. The van der Waals surface area contributed by atoms with Crippen LogP contribution in [-0.2, 0) is 11.3 Å². The molecule has 1 fully saturated rings. The Kier molecular flexibility index (Phi) is 5.63. The van der Waals surface area contributed by atoms with Crippen LogP contribution in [0.3, 0.4) is 0 Å². The van der Waals surface area contributed by atoms with E-state index in [1.54, 1.807) is 0 Å². The highest BCUT2D eigenvalue weighted by atomic mass is 16.1. The Morgan fingerprint density at radius 1 is 1.14 bits per heavy atom. The zero-order valence-electron chi connectivity index (χ0n) is 14.4. The first-order chi connectivity index (χ1) is 10.4. The lowest BCUT2D eigenvalue weighted by atomic mass is 9.69. The van der Waals surface area contributed by atoms with Crippen molar-refractivity contribution in [1.82, 2.24) is 5.32 Å². The van der Waals surface area contributed by atoms with Gasteiger partial charge in [0.15, 0.2) is 0 Å². The van der Waals surface area contributed by atoms with Gasteiger partial charge in [0.1, 0.15) is 0 Å². The molecule has 1 saturated carbocycles. The van der Waals surface area contributed by atoms with Crippen LogP contribution in [0, 0.1) is 11.3 Å². The molecule has 3 nitrogen and oxygen atoms in total. The Labute approximate surface area is 134 Å². The second kappa shape index (κ2) is 7.28. The molecule has 0 saturated heterocycles. The van der Waals surface area contributed by atoms with E-state index in [0.29, 0.717) is 11.5 Å². The van der Waals surface area contributed by atoms with Crippen LogP contribution < -0.4 is 10.6 Å². The van der Waals surface area contributed by atoms with Crippen molar-refractivity contribution in [3.63, 3.8) is 0 Å². The first-order valence-corrected chi connectivity index (χ1v) is 8.46. The summed E-state index contributed by atoms with van der Waals surface area (Å²) in [6, 6.07) is 8.74. The minimum Gasteiger partial charge on any atom is -0.326 e. The molecule has 1 aliphatic rings. The Morgan fingerprint density at radius 2 is 1.77 bits per heavy atom. The van der Waals surface area contributed by atoms with E-state index in [2.05, 4.69) is 43.5 Å². The van der Waals surface area contributed by atoms with Crippen molar-refractivity contribution in [2.24, 2.45) is 11.3 Å². The maximum atomic E-state index is 11.0. The molecule has 0 unspecified atom stereocenters. The van der Waals surface area contributed by atoms with Crippen molar-refractivity contribution in [3.8, 4) is 0 Å². The molecule has 2 atom stereocenters. The fourth-order valence-corrected chi connectivity index (χ4v) is 3.57. The maximum Gasteiger partial charge on any atom is 0.221 e. The summed E-state index contributed by atoms with van der Waals surface area (Å²) >= 11 is 0. The molecule has 3 heteroatoms. The van der Waals surface area contributed by atoms with Crippen molar-refractivity contribution in [1.29, 1.82) is 0 Å². The summed E-state index contributed by atoms with van der Waals surface area (Å²) in [6.45, 7) is 9.52. The topological polar surface area (TPSA) is 41.1 Å². The number of amides is 1. The SMILES string of the molecule is CC(=O)Nc1ccc(CN[C@@H]2CCCC[C@H]2C(C)(C)C)cc1. The highest BCUT2D eigenvalue weighted by Gasteiger charge is 2.33. The third-order valence-electron chi connectivity index (χ3n) is 4.72. The lowest BCUT2D eigenvalue weighted by Gasteiger charge is -2.41. The molecule has 0 aromatic heterocycles. The number of rotatable bonds is 4. The third-order valence-corrected chi connectivity index (χ3v) is 4.72. The number of carbonyl (C=O) groups is 1. The predicted molar refractivity (Wildman–Crippen MR) is 92.8 cm³/mol. The van der Waals surface area contributed by atoms with Gasteiger partial charge in [-0.05, 0) is 41.9 Å². The average Bonchev–Trinajstić information content (AvgIpc) is 2.45. The van der Waals surface area contributed by atoms with Gasteiger partial charge in [0, 0.05) is 25.2 Å². The van der Waals surface area contributed by atoms with Gasteiger partial charge in [0.25, 0.3) is 0 Å². The lowest BCUT2D eigenvalue weighted by Crippen LogP contribution is -2.43. The summed E-state index contributed by atoms with van der Waals surface area (Å²) in [5.74, 6) is 0.723. The van der Waals surface area contributed by atoms with E-state index in [1.165, 1.54) is 38.2 Å². The van der Waals surface area contributed by atoms with E-state index in [9.17, 15) is 4.79 Å². The van der Waals surface area contributed by atoms with Gasteiger partial charge in [0.2, 0.25) is 5.91 Å². The first kappa shape index (κ1) is 17.0. The summed E-state index contributed by atoms with van der Waals surface area (Å²) in [6.07, 6.45) is 5.33. The number of hydrogen-bond donors (Lipinski definition) is 2. The summed E-state index contributed by atoms with van der Waals surface area (Å²) in [7, 11) is 0. The smallest absolute Gasteiger partial charge is 0.221 e. The van der Waals surface area contributed by atoms with Gasteiger partial charge in [-0.3, -0.25) is 4.79 Å². The van der Waals surface area contributed by atoms with Crippen molar-refractivity contribution in [3.05, 3.63) is 29.8 Å². The second-order valence-corrected chi connectivity index (χ2v) is 7.62. The van der Waals surface area contributed by atoms with Crippen LogP contribution in [0.15, 0.2) is 24.3 Å². The molecule has 0 spiro atoms. The molecule has 2 N–H and O–H groups in total. The molecule has 1 aromatic rings. The zero-order chi connectivity index (χ0) is 16.2. The van der Waals surface area contributed by atoms with E-state index >= 15 is 0 Å². The maximum absolute atomic E-state index is 11.0. The summed E-state index contributed by atoms with van der Waals surface area (Å²) in [4.78, 5) is 11.0. The third kappa shape index (κ3) is 4.84. The Hall–Kier alpha value is -1.35. The Morgan fingerprint density at radius 3 is 2.36 bits per heavy atom. The quantitative estimate of drug-likeness (QED) is 0.868. The van der Waals surface area contributed by atoms with Gasteiger partial charge in [0.05, 0.1) is 0 Å². The van der Waals surface area contributed by atoms with E-state index in [1.807, 2.05) is 12.1 Å². The first-order valence-electron chi connectivity index (χ1n) is 8.46. The molecule has 0 radical (unpaired) electrons. The van der Waals surface area contributed by atoms with Crippen LogP contribution in [0.4, 0.5) is 5.69 Å². The number of hydrogen-bond acceptors (Lipinski definition) is 2. The molecule has 0 bridgehead atoms. The van der Waals surface area contributed by atoms with E-state index in [4.69, 9.17) is 0 Å². The molecular formula is C19H30N2O. The van der Waals surface area contributed by atoms with Gasteiger partial charge in [-0.15, -0.1) is 0 Å². The molecule has 0 heterocycles.